The number of ether oxygens (including phenoxy) is 1. The van der Waals surface area contributed by atoms with Gasteiger partial charge in [-0.05, 0) is 55.0 Å². The Bertz CT molecular complexity index is 1350. The molecule has 0 aliphatic carbocycles. The third-order valence-electron chi connectivity index (χ3n) is 4.56. The van der Waals surface area contributed by atoms with Gasteiger partial charge in [0.05, 0.1) is 21.9 Å². The number of nitrogens with one attached hydrogen (secondary N) is 3. The maximum atomic E-state index is 12.3. The third-order valence-corrected chi connectivity index (χ3v) is 6.28. The fourth-order valence-corrected chi connectivity index (χ4v) is 3.66. The lowest BCUT2D eigenvalue weighted by atomic mass is 10.2. The number of aryl methyl sites for hydroxylation is 1. The highest BCUT2D eigenvalue weighted by atomic mass is 79.9. The Morgan fingerprint density at radius 2 is 1.75 bits per heavy atom. The minimum absolute atomic E-state index is 0.106. The van der Waals surface area contributed by atoms with Crippen LogP contribution >= 0.6 is 50.7 Å². The number of hydrogen-bond acceptors (Lipinski definition) is 5. The summed E-state index contributed by atoms with van der Waals surface area (Å²) in [6.45, 7) is 1.57. The second-order valence-corrected chi connectivity index (χ2v) is 9.35. The monoisotopic (exact) mass is 610 g/mol. The van der Waals surface area contributed by atoms with E-state index in [2.05, 4.69) is 37.1 Å². The van der Waals surface area contributed by atoms with Crippen molar-refractivity contribution in [3.8, 4) is 5.75 Å². The van der Waals surface area contributed by atoms with E-state index < -0.39 is 17.7 Å². The van der Waals surface area contributed by atoms with Crippen LogP contribution in [0.4, 0.5) is 11.4 Å². The Morgan fingerprint density at radius 3 is 2.50 bits per heavy atom. The quantitative estimate of drug-likeness (QED) is 0.177. The molecule has 3 rings (SSSR count). The van der Waals surface area contributed by atoms with E-state index >= 15 is 0 Å². The number of amides is 3. The van der Waals surface area contributed by atoms with E-state index in [9.17, 15) is 14.4 Å². The molecule has 0 atom stereocenters. The molecule has 3 N–H and O–H groups in total. The first-order valence-corrected chi connectivity index (χ1v) is 12.1. The average molecular weight is 613 g/mol. The zero-order valence-electron chi connectivity index (χ0n) is 18.6. The molecule has 3 aromatic carbocycles. The van der Waals surface area contributed by atoms with E-state index in [1.165, 1.54) is 12.3 Å². The molecular weight excluding hydrogens is 595 g/mol. The number of rotatable bonds is 7. The van der Waals surface area contributed by atoms with Crippen LogP contribution < -0.4 is 20.8 Å². The molecule has 36 heavy (non-hydrogen) atoms. The number of hydrazone groups is 1. The fourth-order valence-electron chi connectivity index (χ4n) is 2.75. The first-order valence-electron chi connectivity index (χ1n) is 10.2. The Morgan fingerprint density at radius 1 is 0.972 bits per heavy atom. The molecule has 0 aromatic heterocycles. The van der Waals surface area contributed by atoms with Crippen LogP contribution in [0.25, 0.3) is 0 Å². The summed E-state index contributed by atoms with van der Waals surface area (Å²) in [5.41, 5.74) is 4.17. The molecule has 0 fully saturated rings. The topological polar surface area (TPSA) is 109 Å². The molecule has 3 aromatic rings. The average Bonchev–Trinajstić information content (AvgIpc) is 2.83. The summed E-state index contributed by atoms with van der Waals surface area (Å²) in [5.74, 6) is -2.10. The van der Waals surface area contributed by atoms with E-state index in [0.717, 1.165) is 5.56 Å². The molecule has 0 aliphatic rings. The molecule has 0 radical (unpaired) electrons. The molecule has 12 heteroatoms. The summed E-state index contributed by atoms with van der Waals surface area (Å²) >= 11 is 21.3. The Labute approximate surface area is 230 Å². The molecule has 0 bridgehead atoms. The normalized spacial score (nSPS) is 10.7. The first kappa shape index (κ1) is 27.5. The molecule has 0 aliphatic heterocycles. The van der Waals surface area contributed by atoms with Crippen molar-refractivity contribution in [2.75, 3.05) is 17.2 Å². The molecule has 0 unspecified atom stereocenters. The van der Waals surface area contributed by atoms with Crippen molar-refractivity contribution < 1.29 is 19.1 Å². The van der Waals surface area contributed by atoms with Gasteiger partial charge in [-0.15, -0.1) is 0 Å². The Kier molecular flexibility index (Phi) is 9.72. The highest BCUT2D eigenvalue weighted by molar-refractivity contribution is 9.10. The molecule has 8 nitrogen and oxygen atoms in total. The van der Waals surface area contributed by atoms with Crippen LogP contribution in [0.15, 0.2) is 64.2 Å². The summed E-state index contributed by atoms with van der Waals surface area (Å²) in [6, 6.07) is 14.8. The van der Waals surface area contributed by atoms with Crippen LogP contribution in [-0.4, -0.2) is 30.5 Å². The summed E-state index contributed by atoms with van der Waals surface area (Å²) in [6.07, 6.45) is 1.27. The summed E-state index contributed by atoms with van der Waals surface area (Å²) in [7, 11) is 0. The van der Waals surface area contributed by atoms with Gasteiger partial charge in [-0.1, -0.05) is 62.9 Å². The van der Waals surface area contributed by atoms with Crippen LogP contribution in [0.1, 0.15) is 11.1 Å². The van der Waals surface area contributed by atoms with Gasteiger partial charge in [-0.25, -0.2) is 5.43 Å². The van der Waals surface area contributed by atoms with Gasteiger partial charge < -0.3 is 15.4 Å². The van der Waals surface area contributed by atoms with Gasteiger partial charge >= 0.3 is 11.8 Å². The van der Waals surface area contributed by atoms with Crippen LogP contribution in [-0.2, 0) is 14.4 Å². The van der Waals surface area contributed by atoms with Gasteiger partial charge in [-0.3, -0.25) is 14.4 Å². The number of carbonyl (C=O) groups is 3. The predicted molar refractivity (Wildman–Crippen MR) is 145 cm³/mol. The Balaban J connectivity index is 1.59. The highest BCUT2D eigenvalue weighted by Gasteiger charge is 2.15. The van der Waals surface area contributed by atoms with E-state index in [-0.39, 0.29) is 22.3 Å². The third kappa shape index (κ3) is 7.69. The Hall–Kier alpha value is -3.11. The van der Waals surface area contributed by atoms with Crippen molar-refractivity contribution >= 4 is 86.0 Å². The minimum atomic E-state index is -1.03. The van der Waals surface area contributed by atoms with Crippen LogP contribution in [0, 0.1) is 6.92 Å². The summed E-state index contributed by atoms with van der Waals surface area (Å²) in [4.78, 5) is 36.5. The van der Waals surface area contributed by atoms with Crippen LogP contribution in [0.2, 0.25) is 15.1 Å². The lowest BCUT2D eigenvalue weighted by Crippen LogP contribution is -2.32. The van der Waals surface area contributed by atoms with Crippen molar-refractivity contribution in [1.29, 1.82) is 0 Å². The SMILES string of the molecule is Cc1ccc(NC(=O)COc2ccc(Br)cc2/C=N\NC(=O)C(=O)Nc2cccc(Cl)c2Cl)cc1Cl. The smallest absolute Gasteiger partial charge is 0.329 e. The van der Waals surface area contributed by atoms with Gasteiger partial charge in [0.1, 0.15) is 5.75 Å². The summed E-state index contributed by atoms with van der Waals surface area (Å²) in [5, 5.41) is 9.72. The summed E-state index contributed by atoms with van der Waals surface area (Å²) < 4.78 is 6.32. The molecule has 0 heterocycles. The minimum Gasteiger partial charge on any atom is -0.483 e. The van der Waals surface area contributed by atoms with Crippen LogP contribution in [0.3, 0.4) is 0 Å². The zero-order valence-corrected chi connectivity index (χ0v) is 22.4. The number of carbonyl (C=O) groups excluding carboxylic acids is 3. The van der Waals surface area contributed by atoms with E-state index in [1.54, 1.807) is 48.5 Å². The van der Waals surface area contributed by atoms with E-state index in [4.69, 9.17) is 39.5 Å². The standard InChI is InChI=1S/C24H18BrCl3N4O4/c1-13-5-7-16(10-18(13)27)30-21(33)12-36-20-8-6-15(25)9-14(20)11-29-32-24(35)23(34)31-19-4-2-3-17(26)22(19)28/h2-11H,12H2,1H3,(H,30,33)(H,31,34)(H,32,35)/b29-11-. The van der Waals surface area contributed by atoms with E-state index in [0.29, 0.717) is 26.5 Å². The second-order valence-electron chi connectivity index (χ2n) is 7.24. The molecular formula is C24H18BrCl3N4O4. The van der Waals surface area contributed by atoms with Crippen molar-refractivity contribution in [2.24, 2.45) is 5.10 Å². The van der Waals surface area contributed by atoms with Crippen molar-refractivity contribution in [1.82, 2.24) is 5.43 Å². The van der Waals surface area contributed by atoms with Gasteiger partial charge in [0.25, 0.3) is 5.91 Å². The van der Waals surface area contributed by atoms with Crippen molar-refractivity contribution in [2.45, 2.75) is 6.92 Å². The van der Waals surface area contributed by atoms with Crippen molar-refractivity contribution in [3.05, 3.63) is 85.3 Å². The number of hydrogen-bond donors (Lipinski definition) is 3. The molecule has 3 amide bonds. The van der Waals surface area contributed by atoms with Gasteiger partial charge in [0.2, 0.25) is 0 Å². The number of anilines is 2. The maximum Gasteiger partial charge on any atom is 0.329 e. The highest BCUT2D eigenvalue weighted by Crippen LogP contribution is 2.29. The largest absolute Gasteiger partial charge is 0.483 e. The van der Waals surface area contributed by atoms with Gasteiger partial charge in [0.15, 0.2) is 6.61 Å². The van der Waals surface area contributed by atoms with Gasteiger partial charge in [-0.2, -0.15) is 5.10 Å². The predicted octanol–water partition coefficient (Wildman–Crippen LogP) is 5.82. The van der Waals surface area contributed by atoms with Crippen LogP contribution in [0.5, 0.6) is 5.75 Å². The lowest BCUT2D eigenvalue weighted by Gasteiger charge is -2.11. The molecule has 0 spiro atoms. The fraction of sp³-hybridized carbons (Fsp3) is 0.0833. The molecule has 186 valence electrons. The molecule has 0 saturated carbocycles. The zero-order chi connectivity index (χ0) is 26.2. The number of halogens is 4. The maximum absolute atomic E-state index is 12.3. The lowest BCUT2D eigenvalue weighted by molar-refractivity contribution is -0.136. The second kappa shape index (κ2) is 12.7. The number of nitrogens with zero attached hydrogens (tertiary/aromatic N) is 1. The van der Waals surface area contributed by atoms with Gasteiger partial charge in [0, 0.05) is 20.7 Å². The number of benzene rings is 3. The van der Waals surface area contributed by atoms with E-state index in [1.807, 2.05) is 6.92 Å². The van der Waals surface area contributed by atoms with Crippen molar-refractivity contribution in [3.63, 3.8) is 0 Å². The first-order chi connectivity index (χ1) is 17.1. The molecule has 0 saturated heterocycles.